The summed E-state index contributed by atoms with van der Waals surface area (Å²) in [5.74, 6) is -5.30. The molecule has 0 fully saturated rings. The second-order valence-electron chi connectivity index (χ2n) is 2.94. The van der Waals surface area contributed by atoms with Crippen molar-refractivity contribution in [1.29, 1.82) is 0 Å². The van der Waals surface area contributed by atoms with Crippen LogP contribution in [0.2, 0.25) is 0 Å². The van der Waals surface area contributed by atoms with E-state index in [-0.39, 0.29) is 0 Å². The van der Waals surface area contributed by atoms with Crippen LogP contribution in [0.5, 0.6) is 0 Å². The molecule has 0 aromatic carbocycles. The van der Waals surface area contributed by atoms with E-state index in [9.17, 15) is 22.8 Å². The number of carbonyl (C=O) groups excluding carboxylic acids is 1. The second-order valence-corrected chi connectivity index (χ2v) is 4.70. The van der Waals surface area contributed by atoms with Gasteiger partial charge in [-0.2, -0.15) is 4.72 Å². The first-order chi connectivity index (χ1) is 7.68. The summed E-state index contributed by atoms with van der Waals surface area (Å²) < 4.78 is 28.1. The SMILES string of the molecule is COC(=O)CS(=O)(=O)N[C@H](CC(=O)O)C(=O)O. The number of carbonyl (C=O) groups is 3. The number of rotatable bonds is 7. The van der Waals surface area contributed by atoms with E-state index in [2.05, 4.69) is 4.74 Å². The topological polar surface area (TPSA) is 147 Å². The van der Waals surface area contributed by atoms with Gasteiger partial charge >= 0.3 is 17.9 Å². The molecule has 98 valence electrons. The van der Waals surface area contributed by atoms with Crippen LogP contribution in [0.25, 0.3) is 0 Å². The Labute approximate surface area is 96.4 Å². The zero-order chi connectivity index (χ0) is 13.6. The van der Waals surface area contributed by atoms with Crippen LogP contribution < -0.4 is 4.72 Å². The quantitative estimate of drug-likeness (QED) is 0.450. The standard InChI is InChI=1S/C7H11NO8S/c1-16-6(11)3-17(14,15)8-4(7(12)13)2-5(9)10/h4,8H,2-3H2,1H3,(H,9,10)(H,12,13)/t4-/m1/s1. The minimum Gasteiger partial charge on any atom is -0.481 e. The number of sulfonamides is 1. The van der Waals surface area contributed by atoms with Gasteiger partial charge in [0.2, 0.25) is 10.0 Å². The number of carboxylic acid groups (broad SMARTS) is 2. The minimum absolute atomic E-state index is 0.935. The van der Waals surface area contributed by atoms with E-state index in [1.165, 1.54) is 0 Å². The molecule has 0 radical (unpaired) electrons. The maximum absolute atomic E-state index is 11.2. The number of ether oxygens (including phenoxy) is 1. The molecule has 1 atom stereocenters. The summed E-state index contributed by atoms with van der Waals surface area (Å²) >= 11 is 0. The molecule has 0 aromatic rings. The summed E-state index contributed by atoms with van der Waals surface area (Å²) in [6, 6.07) is -1.83. The van der Waals surface area contributed by atoms with Crippen molar-refractivity contribution in [3.8, 4) is 0 Å². The average molecular weight is 269 g/mol. The highest BCUT2D eigenvalue weighted by atomic mass is 32.2. The molecule has 9 nitrogen and oxygen atoms in total. The number of nitrogens with one attached hydrogen (secondary N) is 1. The molecule has 0 aliphatic carbocycles. The molecule has 17 heavy (non-hydrogen) atoms. The van der Waals surface area contributed by atoms with Gasteiger partial charge in [-0.25, -0.2) is 8.42 Å². The van der Waals surface area contributed by atoms with E-state index >= 15 is 0 Å². The highest BCUT2D eigenvalue weighted by Gasteiger charge is 2.28. The Hall–Kier alpha value is -1.68. The molecule has 0 bridgehead atoms. The Balaban J connectivity index is 4.70. The maximum Gasteiger partial charge on any atom is 0.322 e. The third-order valence-corrected chi connectivity index (χ3v) is 2.79. The first-order valence-electron chi connectivity index (χ1n) is 4.19. The van der Waals surface area contributed by atoms with Crippen molar-refractivity contribution in [3.63, 3.8) is 0 Å². The molecule has 0 rings (SSSR count). The van der Waals surface area contributed by atoms with E-state index in [0.29, 0.717) is 0 Å². The molecule has 10 heteroatoms. The van der Waals surface area contributed by atoms with Gasteiger partial charge in [0.15, 0.2) is 5.75 Å². The molecular weight excluding hydrogens is 258 g/mol. The van der Waals surface area contributed by atoms with Crippen molar-refractivity contribution in [2.45, 2.75) is 12.5 Å². The van der Waals surface area contributed by atoms with Crippen molar-refractivity contribution in [2.75, 3.05) is 12.9 Å². The van der Waals surface area contributed by atoms with Crippen molar-refractivity contribution >= 4 is 27.9 Å². The lowest BCUT2D eigenvalue weighted by molar-refractivity contribution is -0.145. The molecule has 0 aliphatic heterocycles. The van der Waals surface area contributed by atoms with E-state index < -0.39 is 46.1 Å². The fraction of sp³-hybridized carbons (Fsp3) is 0.571. The van der Waals surface area contributed by atoms with Crippen molar-refractivity contribution < 1.29 is 37.8 Å². The van der Waals surface area contributed by atoms with Crippen molar-refractivity contribution in [2.24, 2.45) is 0 Å². The molecule has 0 unspecified atom stereocenters. The smallest absolute Gasteiger partial charge is 0.322 e. The van der Waals surface area contributed by atoms with Crippen LogP contribution in [0.4, 0.5) is 0 Å². The molecule has 0 saturated carbocycles. The molecular formula is C7H11NO8S. The van der Waals surface area contributed by atoms with Crippen LogP contribution in [-0.2, 0) is 29.1 Å². The highest BCUT2D eigenvalue weighted by molar-refractivity contribution is 7.90. The van der Waals surface area contributed by atoms with Gasteiger partial charge in [-0.15, -0.1) is 0 Å². The number of carboxylic acids is 2. The predicted octanol–water partition coefficient (Wildman–Crippen LogP) is -1.99. The van der Waals surface area contributed by atoms with E-state index in [1.807, 2.05) is 0 Å². The third-order valence-electron chi connectivity index (χ3n) is 1.53. The van der Waals surface area contributed by atoms with Crippen molar-refractivity contribution in [1.82, 2.24) is 4.72 Å². The first kappa shape index (κ1) is 15.3. The maximum atomic E-state index is 11.2. The zero-order valence-corrected chi connectivity index (χ0v) is 9.56. The monoisotopic (exact) mass is 269 g/mol. The molecule has 3 N–H and O–H groups in total. The molecule has 0 aromatic heterocycles. The van der Waals surface area contributed by atoms with Crippen molar-refractivity contribution in [3.05, 3.63) is 0 Å². The van der Waals surface area contributed by atoms with Gasteiger partial charge in [-0.05, 0) is 0 Å². The van der Waals surface area contributed by atoms with Gasteiger partial charge in [-0.1, -0.05) is 0 Å². The Morgan fingerprint density at radius 3 is 2.18 bits per heavy atom. The van der Waals surface area contributed by atoms with Gasteiger partial charge in [0, 0.05) is 0 Å². The Morgan fingerprint density at radius 2 is 1.82 bits per heavy atom. The lowest BCUT2D eigenvalue weighted by Crippen LogP contribution is -2.44. The van der Waals surface area contributed by atoms with Gasteiger partial charge in [0.1, 0.15) is 6.04 Å². The van der Waals surface area contributed by atoms with E-state index in [4.69, 9.17) is 10.2 Å². The van der Waals surface area contributed by atoms with E-state index in [0.717, 1.165) is 7.11 Å². The van der Waals surface area contributed by atoms with Gasteiger partial charge in [-0.3, -0.25) is 14.4 Å². The lowest BCUT2D eigenvalue weighted by Gasteiger charge is -2.11. The van der Waals surface area contributed by atoms with Gasteiger partial charge < -0.3 is 14.9 Å². The van der Waals surface area contributed by atoms with Gasteiger partial charge in [0.05, 0.1) is 13.5 Å². The normalized spacial score (nSPS) is 12.8. The predicted molar refractivity (Wildman–Crippen MR) is 52.6 cm³/mol. The van der Waals surface area contributed by atoms with Crippen LogP contribution in [0.1, 0.15) is 6.42 Å². The number of hydrogen-bond donors (Lipinski definition) is 3. The lowest BCUT2D eigenvalue weighted by atomic mass is 10.2. The molecule has 0 aliphatic rings. The number of methoxy groups -OCH3 is 1. The Morgan fingerprint density at radius 1 is 1.29 bits per heavy atom. The molecule has 0 saturated heterocycles. The van der Waals surface area contributed by atoms with Crippen LogP contribution in [0, 0.1) is 0 Å². The van der Waals surface area contributed by atoms with Crippen LogP contribution in [-0.4, -0.2) is 55.4 Å². The second kappa shape index (κ2) is 6.15. The summed E-state index contributed by atoms with van der Waals surface area (Å²) in [6.07, 6.45) is -0.935. The van der Waals surface area contributed by atoms with Gasteiger partial charge in [0.25, 0.3) is 0 Å². The first-order valence-corrected chi connectivity index (χ1v) is 5.84. The zero-order valence-electron chi connectivity index (χ0n) is 8.74. The fourth-order valence-corrected chi connectivity index (χ4v) is 1.96. The average Bonchev–Trinajstić information content (AvgIpc) is 2.14. The highest BCUT2D eigenvalue weighted by Crippen LogP contribution is 1.97. The largest absolute Gasteiger partial charge is 0.481 e. The fourth-order valence-electron chi connectivity index (χ4n) is 0.826. The molecule has 0 spiro atoms. The summed E-state index contributed by atoms with van der Waals surface area (Å²) in [5.41, 5.74) is 0. The summed E-state index contributed by atoms with van der Waals surface area (Å²) in [6.45, 7) is 0. The molecule has 0 heterocycles. The third kappa shape index (κ3) is 6.48. The Kier molecular flexibility index (Phi) is 5.55. The number of hydrogen-bond acceptors (Lipinski definition) is 6. The molecule has 0 amide bonds. The minimum atomic E-state index is -4.25. The summed E-state index contributed by atoms with van der Waals surface area (Å²) in [4.78, 5) is 31.5. The van der Waals surface area contributed by atoms with E-state index in [1.54, 1.807) is 4.72 Å². The van der Waals surface area contributed by atoms with Crippen LogP contribution in [0.15, 0.2) is 0 Å². The summed E-state index contributed by atoms with van der Waals surface area (Å²) in [5, 5.41) is 16.9. The summed E-state index contributed by atoms with van der Waals surface area (Å²) in [7, 11) is -3.29. The van der Waals surface area contributed by atoms with Crippen LogP contribution >= 0.6 is 0 Å². The van der Waals surface area contributed by atoms with Crippen LogP contribution in [0.3, 0.4) is 0 Å². The number of aliphatic carboxylic acids is 2. The Bertz CT molecular complexity index is 414. The number of esters is 1.